The number of para-hydroxylation sites is 1. The molecule has 0 aliphatic heterocycles. The van der Waals surface area contributed by atoms with Crippen molar-refractivity contribution in [3.8, 4) is 0 Å². The molecule has 0 spiro atoms. The molecule has 0 bridgehead atoms. The molecule has 7 heteroatoms. The number of benzene rings is 2. The van der Waals surface area contributed by atoms with Crippen LogP contribution < -0.4 is 10.0 Å². The van der Waals surface area contributed by atoms with Gasteiger partial charge in [0, 0.05) is 30.6 Å². The number of Topliss-reactive ketones (excluding diaryl/α,β-unsaturated/α-hetero) is 1. The van der Waals surface area contributed by atoms with Gasteiger partial charge in [-0.3, -0.25) is 14.3 Å². The fourth-order valence-corrected chi connectivity index (χ4v) is 3.30. The zero-order valence-corrected chi connectivity index (χ0v) is 15.2. The molecule has 138 valence electrons. The SMILES string of the molecule is O=C(CCCC(=O)c1ccccc1)NCCS(=O)(=O)Nc1ccccc1. The van der Waals surface area contributed by atoms with Gasteiger partial charge in [0.2, 0.25) is 15.9 Å². The topological polar surface area (TPSA) is 92.3 Å². The Labute approximate surface area is 153 Å². The molecule has 1 amide bonds. The minimum atomic E-state index is -3.52. The van der Waals surface area contributed by atoms with Crippen molar-refractivity contribution in [2.24, 2.45) is 0 Å². The summed E-state index contributed by atoms with van der Waals surface area (Å²) in [4.78, 5) is 23.7. The quantitative estimate of drug-likeness (QED) is 0.625. The number of hydrogen-bond donors (Lipinski definition) is 2. The van der Waals surface area contributed by atoms with Crippen LogP contribution in [-0.4, -0.2) is 32.4 Å². The zero-order valence-electron chi connectivity index (χ0n) is 14.4. The summed E-state index contributed by atoms with van der Waals surface area (Å²) in [5.74, 6) is -0.481. The van der Waals surface area contributed by atoms with Gasteiger partial charge in [-0.25, -0.2) is 8.42 Å². The van der Waals surface area contributed by atoms with Gasteiger partial charge in [0.1, 0.15) is 0 Å². The summed E-state index contributed by atoms with van der Waals surface area (Å²) in [5.41, 5.74) is 1.12. The second-order valence-corrected chi connectivity index (χ2v) is 7.62. The van der Waals surface area contributed by atoms with Gasteiger partial charge in [-0.15, -0.1) is 0 Å². The van der Waals surface area contributed by atoms with Gasteiger partial charge in [0.25, 0.3) is 0 Å². The highest BCUT2D eigenvalue weighted by Crippen LogP contribution is 2.08. The molecular weight excluding hydrogens is 352 g/mol. The van der Waals surface area contributed by atoms with Crippen LogP contribution in [0.4, 0.5) is 5.69 Å². The molecule has 0 unspecified atom stereocenters. The standard InChI is InChI=1S/C19H22N2O4S/c22-18(16-8-3-1-4-9-16)12-7-13-19(23)20-14-15-26(24,25)21-17-10-5-2-6-11-17/h1-6,8-11,21H,7,12-15H2,(H,20,23). The maximum atomic E-state index is 11.9. The largest absolute Gasteiger partial charge is 0.355 e. The molecular formula is C19H22N2O4S. The fourth-order valence-electron chi connectivity index (χ4n) is 2.33. The summed E-state index contributed by atoms with van der Waals surface area (Å²) in [6.45, 7) is 0.0215. The Morgan fingerprint density at radius 3 is 2.12 bits per heavy atom. The smallest absolute Gasteiger partial charge is 0.234 e. The lowest BCUT2D eigenvalue weighted by Gasteiger charge is -2.09. The number of carbonyl (C=O) groups excluding carboxylic acids is 2. The van der Waals surface area contributed by atoms with Crippen molar-refractivity contribution >= 4 is 27.4 Å². The average Bonchev–Trinajstić information content (AvgIpc) is 2.62. The molecule has 0 radical (unpaired) electrons. The first kappa shape index (κ1) is 19.7. The maximum absolute atomic E-state index is 11.9. The van der Waals surface area contributed by atoms with Crippen LogP contribution in [0.15, 0.2) is 60.7 Å². The predicted octanol–water partition coefficient (Wildman–Crippen LogP) is 2.60. The van der Waals surface area contributed by atoms with Gasteiger partial charge in [-0.2, -0.15) is 0 Å². The number of amides is 1. The van der Waals surface area contributed by atoms with Crippen molar-refractivity contribution in [1.82, 2.24) is 5.32 Å². The zero-order chi connectivity index (χ0) is 18.8. The molecule has 6 nitrogen and oxygen atoms in total. The summed E-state index contributed by atoms with van der Waals surface area (Å²) >= 11 is 0. The maximum Gasteiger partial charge on any atom is 0.234 e. The molecule has 0 fully saturated rings. The second-order valence-electron chi connectivity index (χ2n) is 5.78. The third-order valence-corrected chi connectivity index (χ3v) is 4.93. The number of carbonyl (C=O) groups is 2. The number of sulfonamides is 1. The molecule has 0 aliphatic carbocycles. The van der Waals surface area contributed by atoms with E-state index in [9.17, 15) is 18.0 Å². The van der Waals surface area contributed by atoms with E-state index in [0.29, 0.717) is 17.7 Å². The van der Waals surface area contributed by atoms with Gasteiger partial charge in [0.05, 0.1) is 5.75 Å². The van der Waals surface area contributed by atoms with Gasteiger partial charge in [-0.05, 0) is 18.6 Å². The average molecular weight is 374 g/mol. The summed E-state index contributed by atoms with van der Waals surface area (Å²) in [6, 6.07) is 17.5. The van der Waals surface area contributed by atoms with E-state index in [2.05, 4.69) is 10.0 Å². The molecule has 2 aromatic rings. The van der Waals surface area contributed by atoms with Crippen LogP contribution in [0.1, 0.15) is 29.6 Å². The first-order valence-electron chi connectivity index (χ1n) is 8.37. The molecule has 0 saturated heterocycles. The fraction of sp³-hybridized carbons (Fsp3) is 0.263. The first-order chi connectivity index (χ1) is 12.5. The summed E-state index contributed by atoms with van der Waals surface area (Å²) in [6.07, 6.45) is 0.893. The number of anilines is 1. The predicted molar refractivity (Wildman–Crippen MR) is 101 cm³/mol. The van der Waals surface area contributed by atoms with Crippen molar-refractivity contribution in [2.75, 3.05) is 17.0 Å². The molecule has 2 aromatic carbocycles. The molecule has 0 atom stereocenters. The lowest BCUT2D eigenvalue weighted by molar-refractivity contribution is -0.121. The Hall–Kier alpha value is -2.67. The second kappa shape index (κ2) is 9.72. The van der Waals surface area contributed by atoms with Gasteiger partial charge in [0.15, 0.2) is 5.78 Å². The Balaban J connectivity index is 1.65. The highest BCUT2D eigenvalue weighted by Gasteiger charge is 2.11. The van der Waals surface area contributed by atoms with Gasteiger partial charge < -0.3 is 5.32 Å². The number of nitrogens with one attached hydrogen (secondary N) is 2. The van der Waals surface area contributed by atoms with Crippen LogP contribution >= 0.6 is 0 Å². The van der Waals surface area contributed by atoms with Gasteiger partial charge >= 0.3 is 0 Å². The molecule has 2 N–H and O–H groups in total. The summed E-state index contributed by atoms with van der Waals surface area (Å²) in [5, 5.41) is 2.57. The van der Waals surface area contributed by atoms with E-state index >= 15 is 0 Å². The minimum absolute atomic E-state index is 0.00645. The van der Waals surface area contributed by atoms with Gasteiger partial charge in [-0.1, -0.05) is 48.5 Å². The van der Waals surface area contributed by atoms with Crippen LogP contribution in [0.5, 0.6) is 0 Å². The van der Waals surface area contributed by atoms with E-state index in [0.717, 1.165) is 0 Å². The molecule has 0 heterocycles. The monoisotopic (exact) mass is 374 g/mol. The van der Waals surface area contributed by atoms with E-state index < -0.39 is 10.0 Å². The lowest BCUT2D eigenvalue weighted by atomic mass is 10.1. The van der Waals surface area contributed by atoms with Crippen LogP contribution in [0.25, 0.3) is 0 Å². The van der Waals surface area contributed by atoms with Crippen LogP contribution in [0.2, 0.25) is 0 Å². The van der Waals surface area contributed by atoms with E-state index in [1.54, 1.807) is 54.6 Å². The van der Waals surface area contributed by atoms with E-state index in [1.165, 1.54) is 0 Å². The molecule has 0 saturated carbocycles. The van der Waals surface area contributed by atoms with Crippen molar-refractivity contribution in [3.05, 3.63) is 66.2 Å². The van der Waals surface area contributed by atoms with Crippen molar-refractivity contribution in [2.45, 2.75) is 19.3 Å². The highest BCUT2D eigenvalue weighted by atomic mass is 32.2. The third-order valence-electron chi connectivity index (χ3n) is 3.64. The Morgan fingerprint density at radius 2 is 1.46 bits per heavy atom. The highest BCUT2D eigenvalue weighted by molar-refractivity contribution is 7.92. The first-order valence-corrected chi connectivity index (χ1v) is 10.0. The Morgan fingerprint density at radius 1 is 0.846 bits per heavy atom. The molecule has 0 aromatic heterocycles. The van der Waals surface area contributed by atoms with Crippen molar-refractivity contribution < 1.29 is 18.0 Å². The third kappa shape index (κ3) is 7.06. The Bertz CT molecular complexity index is 821. The molecule has 26 heavy (non-hydrogen) atoms. The number of rotatable bonds is 10. The minimum Gasteiger partial charge on any atom is -0.355 e. The summed E-state index contributed by atoms with van der Waals surface area (Å²) < 4.78 is 26.3. The van der Waals surface area contributed by atoms with Crippen LogP contribution in [0, 0.1) is 0 Å². The lowest BCUT2D eigenvalue weighted by Crippen LogP contribution is -2.31. The van der Waals surface area contributed by atoms with E-state index in [4.69, 9.17) is 0 Å². The Kier molecular flexibility index (Phi) is 7.35. The molecule has 0 aliphatic rings. The summed E-state index contributed by atoms with van der Waals surface area (Å²) in [7, 11) is -3.52. The van der Waals surface area contributed by atoms with Crippen LogP contribution in [0.3, 0.4) is 0 Å². The van der Waals surface area contributed by atoms with E-state index in [-0.39, 0.29) is 36.8 Å². The van der Waals surface area contributed by atoms with Crippen molar-refractivity contribution in [3.63, 3.8) is 0 Å². The van der Waals surface area contributed by atoms with Crippen LogP contribution in [-0.2, 0) is 14.8 Å². The number of ketones is 1. The van der Waals surface area contributed by atoms with E-state index in [1.807, 2.05) is 6.07 Å². The normalized spacial score (nSPS) is 10.9. The molecule has 2 rings (SSSR count). The van der Waals surface area contributed by atoms with Crippen molar-refractivity contribution in [1.29, 1.82) is 0 Å². The number of hydrogen-bond acceptors (Lipinski definition) is 4.